The molecular weight excluding hydrogens is 547 g/mol. The number of hydrogen-bond acceptors (Lipinski definition) is 6. The minimum absolute atomic E-state index is 0.141. The van der Waals surface area contributed by atoms with E-state index in [1.807, 2.05) is 32.4 Å². The van der Waals surface area contributed by atoms with Gasteiger partial charge in [-0.05, 0) is 43.6 Å². The van der Waals surface area contributed by atoms with Gasteiger partial charge in [-0.1, -0.05) is 32.4 Å². The number of imidazole rings is 1. The lowest BCUT2D eigenvalue weighted by atomic mass is 9.85. The monoisotopic (exact) mass is 582 g/mol. The van der Waals surface area contributed by atoms with E-state index in [-0.39, 0.29) is 43.3 Å². The molecule has 0 spiro atoms. The van der Waals surface area contributed by atoms with Crippen molar-refractivity contribution in [2.45, 2.75) is 46.3 Å². The number of carbonyl (C=O) groups is 2. The van der Waals surface area contributed by atoms with Crippen LogP contribution in [0.2, 0.25) is 5.02 Å². The summed E-state index contributed by atoms with van der Waals surface area (Å²) in [5, 5.41) is 3.27. The molecule has 0 bridgehead atoms. The number of piperazine rings is 1. The molecule has 0 unspecified atom stereocenters. The first-order valence-electron chi connectivity index (χ1n) is 12.9. The van der Waals surface area contributed by atoms with Crippen LogP contribution in [-0.2, 0) is 27.9 Å². The Morgan fingerprint density at radius 3 is 2.38 bits per heavy atom. The Balaban J connectivity index is 1.66. The molecule has 0 saturated carbocycles. The minimum Gasteiger partial charge on any atom is -0.338 e. The van der Waals surface area contributed by atoms with Crippen molar-refractivity contribution in [1.82, 2.24) is 29.0 Å². The van der Waals surface area contributed by atoms with Crippen LogP contribution in [0.4, 0.5) is 4.39 Å². The Hall–Kier alpha value is -2.54. The highest BCUT2D eigenvalue weighted by Gasteiger charge is 2.39. The smallest absolute Gasteiger partial charge is 0.272 e. The van der Waals surface area contributed by atoms with Crippen LogP contribution in [0, 0.1) is 11.2 Å². The number of benzene rings is 1. The Labute approximate surface area is 234 Å². The van der Waals surface area contributed by atoms with Crippen LogP contribution in [0.3, 0.4) is 0 Å². The summed E-state index contributed by atoms with van der Waals surface area (Å²) in [5.41, 5.74) is 0.348. The van der Waals surface area contributed by atoms with E-state index in [0.717, 1.165) is 19.2 Å². The largest absolute Gasteiger partial charge is 0.338 e. The normalized spacial score (nSPS) is 18.4. The zero-order chi connectivity index (χ0) is 28.7. The molecule has 13 heteroatoms. The van der Waals surface area contributed by atoms with Gasteiger partial charge >= 0.3 is 0 Å². The molecule has 2 aromatic rings. The second kappa shape index (κ2) is 11.1. The van der Waals surface area contributed by atoms with E-state index in [0.29, 0.717) is 29.6 Å². The van der Waals surface area contributed by atoms with E-state index in [1.54, 1.807) is 4.90 Å². The molecule has 1 fully saturated rings. The van der Waals surface area contributed by atoms with Gasteiger partial charge in [0, 0.05) is 44.3 Å². The standard InChI is InChI=1S/C26H36ClFN6O4S/c1-26(2,3)22(25(36)32-11-13-33(14-12-32)39(5,37)38)30-24(35)21-20-16-31(4)9-6-10-34(20)23(29-21)18-15-17(27)7-8-19(18)28/h7-8,15,22H,6,9-14,16H2,1-5H3,(H,30,35)/t22-/m1/s1. The fourth-order valence-corrected chi connectivity index (χ4v) is 6.05. The van der Waals surface area contributed by atoms with E-state index >= 15 is 0 Å². The summed E-state index contributed by atoms with van der Waals surface area (Å²) in [5.74, 6) is -0.980. The number of halogens is 2. The number of carbonyl (C=O) groups excluding carboxylic acids is 2. The highest BCUT2D eigenvalue weighted by atomic mass is 35.5. The van der Waals surface area contributed by atoms with Crippen LogP contribution in [-0.4, -0.2) is 96.0 Å². The lowest BCUT2D eigenvalue weighted by molar-refractivity contribution is -0.137. The molecule has 2 aliphatic rings. The predicted octanol–water partition coefficient (Wildman–Crippen LogP) is 2.43. The number of rotatable bonds is 5. The van der Waals surface area contributed by atoms with Gasteiger partial charge in [0.25, 0.3) is 5.91 Å². The third kappa shape index (κ3) is 6.45. The molecule has 2 amide bonds. The second-order valence-electron chi connectivity index (χ2n) is 11.4. The summed E-state index contributed by atoms with van der Waals surface area (Å²) in [6.07, 6.45) is 1.94. The summed E-state index contributed by atoms with van der Waals surface area (Å²) in [4.78, 5) is 35.7. The maximum absolute atomic E-state index is 14.9. The zero-order valence-corrected chi connectivity index (χ0v) is 24.6. The summed E-state index contributed by atoms with van der Waals surface area (Å²) in [6.45, 7) is 8.21. The summed E-state index contributed by atoms with van der Waals surface area (Å²) < 4.78 is 41.9. The van der Waals surface area contributed by atoms with Gasteiger partial charge in [0.05, 0.1) is 17.5 Å². The van der Waals surface area contributed by atoms with E-state index < -0.39 is 33.2 Å². The molecule has 2 aliphatic heterocycles. The molecular formula is C26H36ClFN6O4S. The van der Waals surface area contributed by atoms with Gasteiger partial charge in [-0.3, -0.25) is 9.59 Å². The molecule has 3 heterocycles. The first kappa shape index (κ1) is 29.4. The lowest BCUT2D eigenvalue weighted by Crippen LogP contribution is -2.59. The van der Waals surface area contributed by atoms with Crippen molar-refractivity contribution in [2.24, 2.45) is 5.41 Å². The third-order valence-electron chi connectivity index (χ3n) is 7.21. The summed E-state index contributed by atoms with van der Waals surface area (Å²) >= 11 is 6.17. The van der Waals surface area contributed by atoms with Crippen LogP contribution in [0.15, 0.2) is 18.2 Å². The van der Waals surface area contributed by atoms with Crippen LogP contribution < -0.4 is 5.32 Å². The van der Waals surface area contributed by atoms with Crippen LogP contribution in [0.5, 0.6) is 0 Å². The molecule has 1 aromatic carbocycles. The molecule has 1 atom stereocenters. The Kier molecular flexibility index (Phi) is 8.42. The molecule has 4 rings (SSSR count). The Morgan fingerprint density at radius 2 is 1.77 bits per heavy atom. The Morgan fingerprint density at radius 1 is 1.10 bits per heavy atom. The van der Waals surface area contributed by atoms with E-state index in [1.165, 1.54) is 22.5 Å². The van der Waals surface area contributed by atoms with Gasteiger partial charge in [0.2, 0.25) is 15.9 Å². The highest BCUT2D eigenvalue weighted by molar-refractivity contribution is 7.88. The Bertz CT molecular complexity index is 1370. The second-order valence-corrected chi connectivity index (χ2v) is 13.8. The number of hydrogen-bond donors (Lipinski definition) is 1. The average Bonchev–Trinajstić information content (AvgIpc) is 3.08. The average molecular weight is 583 g/mol. The van der Waals surface area contributed by atoms with Crippen LogP contribution >= 0.6 is 11.6 Å². The molecule has 1 N–H and O–H groups in total. The molecule has 1 aromatic heterocycles. The molecule has 0 radical (unpaired) electrons. The van der Waals surface area contributed by atoms with Gasteiger partial charge in [-0.25, -0.2) is 17.8 Å². The number of aromatic nitrogens is 2. The van der Waals surface area contributed by atoms with Crippen molar-refractivity contribution in [2.75, 3.05) is 46.0 Å². The number of nitrogens with zero attached hydrogens (tertiary/aromatic N) is 5. The molecule has 214 valence electrons. The van der Waals surface area contributed by atoms with Crippen molar-refractivity contribution >= 4 is 33.4 Å². The molecule has 1 saturated heterocycles. The van der Waals surface area contributed by atoms with Crippen LogP contribution in [0.1, 0.15) is 43.4 Å². The van der Waals surface area contributed by atoms with E-state index in [9.17, 15) is 22.4 Å². The topological polar surface area (TPSA) is 108 Å². The van der Waals surface area contributed by atoms with Crippen molar-refractivity contribution in [3.63, 3.8) is 0 Å². The number of nitrogens with one attached hydrogen (secondary N) is 1. The quantitative estimate of drug-likeness (QED) is 0.580. The maximum atomic E-state index is 14.9. The van der Waals surface area contributed by atoms with Gasteiger partial charge < -0.3 is 19.7 Å². The fourth-order valence-electron chi connectivity index (χ4n) is 5.05. The van der Waals surface area contributed by atoms with Crippen molar-refractivity contribution in [3.05, 3.63) is 40.4 Å². The molecule has 39 heavy (non-hydrogen) atoms. The number of amides is 2. The number of sulfonamides is 1. The van der Waals surface area contributed by atoms with Gasteiger partial charge in [0.1, 0.15) is 17.7 Å². The van der Waals surface area contributed by atoms with E-state index in [2.05, 4.69) is 15.2 Å². The predicted molar refractivity (Wildman–Crippen MR) is 147 cm³/mol. The third-order valence-corrected chi connectivity index (χ3v) is 8.74. The minimum atomic E-state index is -3.35. The van der Waals surface area contributed by atoms with Crippen molar-refractivity contribution < 1.29 is 22.4 Å². The van der Waals surface area contributed by atoms with Gasteiger partial charge in [-0.2, -0.15) is 4.31 Å². The zero-order valence-electron chi connectivity index (χ0n) is 23.0. The molecule has 10 nitrogen and oxygen atoms in total. The first-order chi connectivity index (χ1) is 18.2. The van der Waals surface area contributed by atoms with Crippen molar-refractivity contribution in [1.29, 1.82) is 0 Å². The summed E-state index contributed by atoms with van der Waals surface area (Å²) in [6, 6.07) is 3.35. The number of fused-ring (bicyclic) bond motifs is 1. The van der Waals surface area contributed by atoms with Gasteiger partial charge in [-0.15, -0.1) is 0 Å². The summed E-state index contributed by atoms with van der Waals surface area (Å²) in [7, 11) is -1.40. The van der Waals surface area contributed by atoms with Gasteiger partial charge in [0.15, 0.2) is 5.69 Å². The maximum Gasteiger partial charge on any atom is 0.272 e. The molecule has 0 aliphatic carbocycles. The fraction of sp³-hybridized carbons (Fsp3) is 0.577. The van der Waals surface area contributed by atoms with Crippen LogP contribution in [0.25, 0.3) is 11.4 Å². The van der Waals surface area contributed by atoms with Crippen molar-refractivity contribution in [3.8, 4) is 11.4 Å². The lowest BCUT2D eigenvalue weighted by Gasteiger charge is -2.38. The first-order valence-corrected chi connectivity index (χ1v) is 15.2. The highest BCUT2D eigenvalue weighted by Crippen LogP contribution is 2.30. The SMILES string of the molecule is CN1CCCn2c(-c3cc(Cl)ccc3F)nc(C(=O)N[C@H](C(=O)N3CCN(S(C)(=O)=O)CC3)C(C)(C)C)c2C1. The van der Waals surface area contributed by atoms with E-state index in [4.69, 9.17) is 11.6 Å².